The van der Waals surface area contributed by atoms with Crippen molar-refractivity contribution in [1.82, 2.24) is 5.32 Å². The minimum Gasteiger partial charge on any atom is -0.493 e. The molecule has 0 heterocycles. The molecule has 2 rings (SSSR count). The van der Waals surface area contributed by atoms with E-state index in [4.69, 9.17) is 18.9 Å². The molecule has 0 spiro atoms. The van der Waals surface area contributed by atoms with E-state index in [9.17, 15) is 4.79 Å². The second kappa shape index (κ2) is 9.91. The Bertz CT molecular complexity index is 751. The second-order valence-electron chi connectivity index (χ2n) is 5.18. The zero-order valence-corrected chi connectivity index (χ0v) is 16.6. The van der Waals surface area contributed by atoms with E-state index in [1.807, 2.05) is 31.2 Å². The summed E-state index contributed by atoms with van der Waals surface area (Å²) < 4.78 is 22.4. The van der Waals surface area contributed by atoms with Crippen LogP contribution in [0.15, 0.2) is 40.9 Å². The predicted octanol–water partition coefficient (Wildman–Crippen LogP) is 3.67. The molecule has 6 nitrogen and oxygen atoms in total. The Morgan fingerprint density at radius 2 is 1.73 bits per heavy atom. The molecule has 1 N–H and O–H groups in total. The van der Waals surface area contributed by atoms with Crippen molar-refractivity contribution in [3.05, 3.63) is 46.4 Å². The number of ether oxygens (including phenoxy) is 4. The normalized spacial score (nSPS) is 10.2. The zero-order chi connectivity index (χ0) is 18.9. The second-order valence-corrected chi connectivity index (χ2v) is 6.03. The maximum absolute atomic E-state index is 12.4. The average Bonchev–Trinajstić information content (AvgIpc) is 2.66. The lowest BCUT2D eigenvalue weighted by molar-refractivity contribution is 0.0946. The molecule has 0 saturated heterocycles. The van der Waals surface area contributed by atoms with Gasteiger partial charge in [-0.3, -0.25) is 4.79 Å². The van der Waals surface area contributed by atoms with Crippen LogP contribution in [0.2, 0.25) is 0 Å². The number of benzene rings is 2. The molecule has 140 valence electrons. The summed E-state index contributed by atoms with van der Waals surface area (Å²) in [7, 11) is 3.12. The van der Waals surface area contributed by atoms with Gasteiger partial charge < -0.3 is 24.3 Å². The maximum Gasteiger partial charge on any atom is 0.251 e. The standard InChI is InChI=1S/C19H22BrNO5/c1-4-25-18-14(20)11-13(12-17(18)24-3)19(22)21-9-10-26-16-8-6-5-7-15(16)23-2/h5-8,11-12H,4,9-10H2,1-3H3,(H,21,22). The first-order valence-electron chi connectivity index (χ1n) is 8.15. The molecule has 0 aromatic heterocycles. The van der Waals surface area contributed by atoms with E-state index >= 15 is 0 Å². The van der Waals surface area contributed by atoms with Crippen LogP contribution in [0.4, 0.5) is 0 Å². The van der Waals surface area contributed by atoms with Gasteiger partial charge in [-0.1, -0.05) is 12.1 Å². The summed E-state index contributed by atoms with van der Waals surface area (Å²) in [5.41, 5.74) is 0.467. The first-order chi connectivity index (χ1) is 12.6. The highest BCUT2D eigenvalue weighted by Crippen LogP contribution is 2.36. The number of hydrogen-bond donors (Lipinski definition) is 1. The topological polar surface area (TPSA) is 66.0 Å². The minimum atomic E-state index is -0.226. The third-order valence-corrected chi connectivity index (χ3v) is 4.08. The Balaban J connectivity index is 1.94. The molecule has 0 radical (unpaired) electrons. The van der Waals surface area contributed by atoms with E-state index in [0.717, 1.165) is 0 Å². The average molecular weight is 424 g/mol. The SMILES string of the molecule is CCOc1c(Br)cc(C(=O)NCCOc2ccccc2OC)cc1OC. The van der Waals surface area contributed by atoms with Crippen LogP contribution in [0.1, 0.15) is 17.3 Å². The van der Waals surface area contributed by atoms with Crippen LogP contribution in [-0.2, 0) is 0 Å². The third-order valence-electron chi connectivity index (χ3n) is 3.49. The van der Waals surface area contributed by atoms with Gasteiger partial charge in [-0.05, 0) is 47.1 Å². The van der Waals surface area contributed by atoms with Gasteiger partial charge in [0.15, 0.2) is 23.0 Å². The lowest BCUT2D eigenvalue weighted by Crippen LogP contribution is -2.28. The van der Waals surface area contributed by atoms with Crippen molar-refractivity contribution in [3.63, 3.8) is 0 Å². The molecule has 7 heteroatoms. The molecule has 0 fully saturated rings. The summed E-state index contributed by atoms with van der Waals surface area (Å²) in [6.07, 6.45) is 0. The molecule has 0 aliphatic rings. The third kappa shape index (κ3) is 5.05. The lowest BCUT2D eigenvalue weighted by Gasteiger charge is -2.14. The Hall–Kier alpha value is -2.41. The van der Waals surface area contributed by atoms with Crippen molar-refractivity contribution >= 4 is 21.8 Å². The smallest absolute Gasteiger partial charge is 0.251 e. The van der Waals surface area contributed by atoms with E-state index in [0.29, 0.717) is 52.8 Å². The quantitative estimate of drug-likeness (QED) is 0.623. The first-order valence-corrected chi connectivity index (χ1v) is 8.94. The number of methoxy groups -OCH3 is 2. The summed E-state index contributed by atoms with van der Waals surface area (Å²) in [5.74, 6) is 2.13. The molecule has 0 aliphatic heterocycles. The van der Waals surface area contributed by atoms with Crippen molar-refractivity contribution in [1.29, 1.82) is 0 Å². The molecular weight excluding hydrogens is 402 g/mol. The predicted molar refractivity (Wildman–Crippen MR) is 103 cm³/mol. The number of carbonyl (C=O) groups is 1. The summed E-state index contributed by atoms with van der Waals surface area (Å²) in [6.45, 7) is 3.06. The Morgan fingerprint density at radius 1 is 1.04 bits per heavy atom. The van der Waals surface area contributed by atoms with Gasteiger partial charge >= 0.3 is 0 Å². The van der Waals surface area contributed by atoms with Gasteiger partial charge in [0.05, 0.1) is 31.8 Å². The van der Waals surface area contributed by atoms with Gasteiger partial charge in [-0.2, -0.15) is 0 Å². The van der Waals surface area contributed by atoms with Gasteiger partial charge in [-0.15, -0.1) is 0 Å². The van der Waals surface area contributed by atoms with Gasteiger partial charge in [0.25, 0.3) is 5.91 Å². The van der Waals surface area contributed by atoms with Crippen LogP contribution in [0.3, 0.4) is 0 Å². The number of carbonyl (C=O) groups excluding carboxylic acids is 1. The largest absolute Gasteiger partial charge is 0.493 e. The molecule has 26 heavy (non-hydrogen) atoms. The van der Waals surface area contributed by atoms with Crippen molar-refractivity contribution in [3.8, 4) is 23.0 Å². The Kier molecular flexibility index (Phi) is 7.59. The number of amides is 1. The van der Waals surface area contributed by atoms with E-state index in [2.05, 4.69) is 21.2 Å². The van der Waals surface area contributed by atoms with Crippen LogP contribution in [0.25, 0.3) is 0 Å². The van der Waals surface area contributed by atoms with Crippen molar-refractivity contribution < 1.29 is 23.7 Å². The van der Waals surface area contributed by atoms with E-state index < -0.39 is 0 Å². The number of halogens is 1. The van der Waals surface area contributed by atoms with Crippen molar-refractivity contribution in [2.24, 2.45) is 0 Å². The molecule has 0 unspecified atom stereocenters. The summed E-state index contributed by atoms with van der Waals surface area (Å²) >= 11 is 3.41. The Morgan fingerprint density at radius 3 is 2.38 bits per heavy atom. The lowest BCUT2D eigenvalue weighted by atomic mass is 10.2. The highest BCUT2D eigenvalue weighted by molar-refractivity contribution is 9.10. The van der Waals surface area contributed by atoms with Crippen LogP contribution in [0, 0.1) is 0 Å². The van der Waals surface area contributed by atoms with E-state index in [1.165, 1.54) is 7.11 Å². The van der Waals surface area contributed by atoms with Gasteiger partial charge in [-0.25, -0.2) is 0 Å². The molecule has 2 aromatic carbocycles. The van der Waals surface area contributed by atoms with Crippen LogP contribution < -0.4 is 24.3 Å². The van der Waals surface area contributed by atoms with Gasteiger partial charge in [0.1, 0.15) is 6.61 Å². The van der Waals surface area contributed by atoms with Crippen LogP contribution in [-0.4, -0.2) is 39.9 Å². The molecule has 0 saturated carbocycles. The van der Waals surface area contributed by atoms with Gasteiger partial charge in [0.2, 0.25) is 0 Å². The van der Waals surface area contributed by atoms with E-state index in [1.54, 1.807) is 19.2 Å². The fourth-order valence-electron chi connectivity index (χ4n) is 2.30. The minimum absolute atomic E-state index is 0.226. The Labute approximate surface area is 161 Å². The number of para-hydroxylation sites is 2. The number of nitrogens with one attached hydrogen (secondary N) is 1. The molecule has 0 bridgehead atoms. The molecule has 1 amide bonds. The van der Waals surface area contributed by atoms with Crippen LogP contribution >= 0.6 is 15.9 Å². The summed E-state index contributed by atoms with van der Waals surface area (Å²) in [6, 6.07) is 10.7. The summed E-state index contributed by atoms with van der Waals surface area (Å²) in [4.78, 5) is 12.4. The molecular formula is C19H22BrNO5. The maximum atomic E-state index is 12.4. The molecule has 0 aliphatic carbocycles. The first kappa shape index (κ1) is 19.9. The fraction of sp³-hybridized carbons (Fsp3) is 0.316. The monoisotopic (exact) mass is 423 g/mol. The number of rotatable bonds is 9. The zero-order valence-electron chi connectivity index (χ0n) is 15.0. The highest BCUT2D eigenvalue weighted by Gasteiger charge is 2.15. The van der Waals surface area contributed by atoms with Crippen molar-refractivity contribution in [2.75, 3.05) is 34.0 Å². The molecule has 0 atom stereocenters. The van der Waals surface area contributed by atoms with Crippen LogP contribution in [0.5, 0.6) is 23.0 Å². The van der Waals surface area contributed by atoms with Gasteiger partial charge in [0, 0.05) is 5.56 Å². The number of hydrogen-bond acceptors (Lipinski definition) is 5. The molecule has 2 aromatic rings. The fourth-order valence-corrected chi connectivity index (χ4v) is 2.86. The van der Waals surface area contributed by atoms with E-state index in [-0.39, 0.29) is 5.91 Å². The highest BCUT2D eigenvalue weighted by atomic mass is 79.9. The van der Waals surface area contributed by atoms with Crippen molar-refractivity contribution in [2.45, 2.75) is 6.92 Å². The summed E-state index contributed by atoms with van der Waals surface area (Å²) in [5, 5.41) is 2.81.